The summed E-state index contributed by atoms with van der Waals surface area (Å²) in [7, 11) is 0. The predicted molar refractivity (Wildman–Crippen MR) is 117 cm³/mol. The summed E-state index contributed by atoms with van der Waals surface area (Å²) >= 11 is 0. The van der Waals surface area contributed by atoms with Crippen LogP contribution in [0.15, 0.2) is 48.5 Å². The fourth-order valence-electron chi connectivity index (χ4n) is 4.28. The lowest BCUT2D eigenvalue weighted by atomic mass is 10.2. The summed E-state index contributed by atoms with van der Waals surface area (Å²) in [5.41, 5.74) is 3.67. The van der Waals surface area contributed by atoms with E-state index in [0.29, 0.717) is 0 Å². The lowest BCUT2D eigenvalue weighted by Gasteiger charge is -2.36. The highest BCUT2D eigenvalue weighted by atomic mass is 15.3. The minimum absolute atomic E-state index is 0.879. The van der Waals surface area contributed by atoms with E-state index in [9.17, 15) is 0 Å². The summed E-state index contributed by atoms with van der Waals surface area (Å²) in [6.45, 7) is 8.23. The molecule has 2 aliphatic heterocycles. The number of aromatic nitrogens is 2. The molecule has 0 bridgehead atoms. The third-order valence-electron chi connectivity index (χ3n) is 5.94. The predicted octanol–water partition coefficient (Wildman–Crippen LogP) is 3.87. The molecule has 5 heteroatoms. The van der Waals surface area contributed by atoms with Gasteiger partial charge in [-0.25, -0.2) is 4.98 Å². The van der Waals surface area contributed by atoms with Gasteiger partial charge >= 0.3 is 0 Å². The van der Waals surface area contributed by atoms with Gasteiger partial charge in [0.2, 0.25) is 5.95 Å². The second kappa shape index (κ2) is 7.30. The molecule has 0 amide bonds. The molecule has 0 spiro atoms. The van der Waals surface area contributed by atoms with E-state index in [1.807, 2.05) is 0 Å². The van der Waals surface area contributed by atoms with Gasteiger partial charge in [0.1, 0.15) is 5.82 Å². The summed E-state index contributed by atoms with van der Waals surface area (Å²) in [6.07, 6.45) is 2.51. The van der Waals surface area contributed by atoms with E-state index in [1.54, 1.807) is 0 Å². The molecule has 3 aromatic rings. The topological polar surface area (TPSA) is 35.5 Å². The zero-order valence-electron chi connectivity index (χ0n) is 16.5. The number of nitrogens with zero attached hydrogens (tertiary/aromatic N) is 5. The summed E-state index contributed by atoms with van der Waals surface area (Å²) in [4.78, 5) is 17.2. The van der Waals surface area contributed by atoms with Gasteiger partial charge in [-0.1, -0.05) is 29.8 Å². The number of rotatable bonds is 3. The van der Waals surface area contributed by atoms with Crippen molar-refractivity contribution in [1.29, 1.82) is 0 Å². The van der Waals surface area contributed by atoms with Crippen LogP contribution in [0.3, 0.4) is 0 Å². The SMILES string of the molecule is Cc1ccc(N2CCN(c3nc(N4CCCC4)c4ccccc4n3)CC2)cc1. The van der Waals surface area contributed by atoms with Gasteiger partial charge in [-0.3, -0.25) is 0 Å². The molecule has 2 saturated heterocycles. The third-order valence-corrected chi connectivity index (χ3v) is 5.94. The van der Waals surface area contributed by atoms with Gasteiger partial charge in [-0.05, 0) is 44.0 Å². The van der Waals surface area contributed by atoms with Crippen molar-refractivity contribution in [1.82, 2.24) is 9.97 Å². The first-order valence-corrected chi connectivity index (χ1v) is 10.4. The van der Waals surface area contributed by atoms with Crippen molar-refractivity contribution in [3.8, 4) is 0 Å². The van der Waals surface area contributed by atoms with Crippen molar-refractivity contribution in [2.24, 2.45) is 0 Å². The van der Waals surface area contributed by atoms with Crippen molar-refractivity contribution in [3.63, 3.8) is 0 Å². The van der Waals surface area contributed by atoms with Gasteiger partial charge in [-0.2, -0.15) is 4.98 Å². The highest BCUT2D eigenvalue weighted by Gasteiger charge is 2.23. The Bertz CT molecular complexity index is 954. The van der Waals surface area contributed by atoms with E-state index in [0.717, 1.165) is 56.6 Å². The summed E-state index contributed by atoms with van der Waals surface area (Å²) < 4.78 is 0. The molecule has 5 rings (SSSR count). The molecule has 0 radical (unpaired) electrons. The van der Waals surface area contributed by atoms with E-state index in [4.69, 9.17) is 9.97 Å². The van der Waals surface area contributed by atoms with Crippen molar-refractivity contribution in [3.05, 3.63) is 54.1 Å². The molecule has 0 atom stereocenters. The number of piperazine rings is 1. The van der Waals surface area contributed by atoms with E-state index in [1.165, 1.54) is 29.5 Å². The minimum Gasteiger partial charge on any atom is -0.368 e. The van der Waals surface area contributed by atoms with Crippen LogP contribution in [0.25, 0.3) is 10.9 Å². The maximum absolute atomic E-state index is 5.04. The fourth-order valence-corrected chi connectivity index (χ4v) is 4.28. The highest BCUT2D eigenvalue weighted by Crippen LogP contribution is 2.29. The van der Waals surface area contributed by atoms with E-state index < -0.39 is 0 Å². The number of anilines is 3. The van der Waals surface area contributed by atoms with Gasteiger partial charge in [-0.15, -0.1) is 0 Å². The fraction of sp³-hybridized carbons (Fsp3) is 0.391. The maximum Gasteiger partial charge on any atom is 0.228 e. The summed E-state index contributed by atoms with van der Waals surface area (Å²) in [5, 5.41) is 1.17. The summed E-state index contributed by atoms with van der Waals surface area (Å²) in [5.74, 6) is 1.99. The molecule has 28 heavy (non-hydrogen) atoms. The first kappa shape index (κ1) is 17.3. The van der Waals surface area contributed by atoms with Crippen LogP contribution in [-0.2, 0) is 0 Å². The van der Waals surface area contributed by atoms with Gasteiger partial charge in [0, 0.05) is 50.3 Å². The third kappa shape index (κ3) is 3.26. The lowest BCUT2D eigenvalue weighted by Crippen LogP contribution is -2.47. The zero-order valence-corrected chi connectivity index (χ0v) is 16.5. The number of benzene rings is 2. The lowest BCUT2D eigenvalue weighted by molar-refractivity contribution is 0.641. The molecule has 144 valence electrons. The molecule has 1 aromatic heterocycles. The minimum atomic E-state index is 0.879. The molecule has 2 fully saturated rings. The Morgan fingerprint density at radius 3 is 2.11 bits per heavy atom. The second-order valence-corrected chi connectivity index (χ2v) is 7.87. The Balaban J connectivity index is 1.40. The molecule has 2 aliphatic rings. The molecular formula is C23H27N5. The smallest absolute Gasteiger partial charge is 0.228 e. The van der Waals surface area contributed by atoms with E-state index in [2.05, 4.69) is 70.2 Å². The molecule has 0 N–H and O–H groups in total. The quantitative estimate of drug-likeness (QED) is 0.697. The monoisotopic (exact) mass is 373 g/mol. The van der Waals surface area contributed by atoms with Crippen molar-refractivity contribution < 1.29 is 0 Å². The van der Waals surface area contributed by atoms with Gasteiger partial charge in [0.15, 0.2) is 0 Å². The molecular weight excluding hydrogens is 346 g/mol. The number of fused-ring (bicyclic) bond motifs is 1. The first-order valence-electron chi connectivity index (χ1n) is 10.4. The Kier molecular flexibility index (Phi) is 4.51. The number of para-hydroxylation sites is 1. The number of hydrogen-bond donors (Lipinski definition) is 0. The average Bonchev–Trinajstić information content (AvgIpc) is 3.28. The van der Waals surface area contributed by atoms with Crippen LogP contribution >= 0.6 is 0 Å². The molecule has 0 saturated carbocycles. The van der Waals surface area contributed by atoms with E-state index in [-0.39, 0.29) is 0 Å². The van der Waals surface area contributed by atoms with Crippen LogP contribution in [0.5, 0.6) is 0 Å². The van der Waals surface area contributed by atoms with Crippen molar-refractivity contribution in [2.45, 2.75) is 19.8 Å². The van der Waals surface area contributed by atoms with Crippen LogP contribution in [0, 0.1) is 6.92 Å². The van der Waals surface area contributed by atoms with Crippen molar-refractivity contribution >= 4 is 28.4 Å². The van der Waals surface area contributed by atoms with Gasteiger partial charge < -0.3 is 14.7 Å². The maximum atomic E-state index is 5.04. The average molecular weight is 374 g/mol. The first-order chi connectivity index (χ1) is 13.8. The number of aryl methyl sites for hydroxylation is 1. The van der Waals surface area contributed by atoms with Crippen LogP contribution < -0.4 is 14.7 Å². The molecule has 0 aliphatic carbocycles. The Hall–Kier alpha value is -2.82. The molecule has 2 aromatic carbocycles. The van der Waals surface area contributed by atoms with Crippen LogP contribution in [0.4, 0.5) is 17.5 Å². The van der Waals surface area contributed by atoms with Crippen LogP contribution in [0.1, 0.15) is 18.4 Å². The Morgan fingerprint density at radius 2 is 1.36 bits per heavy atom. The van der Waals surface area contributed by atoms with Crippen LogP contribution in [-0.4, -0.2) is 49.2 Å². The normalized spacial score (nSPS) is 17.5. The summed E-state index contributed by atoms with van der Waals surface area (Å²) in [6, 6.07) is 17.3. The Morgan fingerprint density at radius 1 is 0.679 bits per heavy atom. The molecule has 0 unspecified atom stereocenters. The highest BCUT2D eigenvalue weighted by molar-refractivity contribution is 5.90. The standard InChI is InChI=1S/C23H27N5/c1-18-8-10-19(11-9-18)26-14-16-28(17-15-26)23-24-21-7-3-2-6-20(21)22(25-23)27-12-4-5-13-27/h2-3,6-11H,4-5,12-17H2,1H3. The number of hydrogen-bond acceptors (Lipinski definition) is 5. The largest absolute Gasteiger partial charge is 0.368 e. The van der Waals surface area contributed by atoms with E-state index >= 15 is 0 Å². The van der Waals surface area contributed by atoms with Crippen molar-refractivity contribution in [2.75, 3.05) is 54.0 Å². The molecule has 3 heterocycles. The zero-order chi connectivity index (χ0) is 18.9. The van der Waals surface area contributed by atoms with Crippen LogP contribution in [0.2, 0.25) is 0 Å². The van der Waals surface area contributed by atoms with Gasteiger partial charge in [0.05, 0.1) is 5.52 Å². The molecule has 5 nitrogen and oxygen atoms in total. The Labute approximate surface area is 166 Å². The van der Waals surface area contributed by atoms with Gasteiger partial charge in [0.25, 0.3) is 0 Å². The second-order valence-electron chi connectivity index (χ2n) is 7.87.